The van der Waals surface area contributed by atoms with E-state index < -0.39 is 0 Å². The van der Waals surface area contributed by atoms with Gasteiger partial charge in [-0.1, -0.05) is 58.1 Å². The summed E-state index contributed by atoms with van der Waals surface area (Å²) in [5.74, 6) is 2.91. The van der Waals surface area contributed by atoms with E-state index in [2.05, 4.69) is 32.1 Å². The molecule has 0 atom stereocenters. The van der Waals surface area contributed by atoms with Crippen LogP contribution in [0.3, 0.4) is 0 Å². The van der Waals surface area contributed by atoms with Crippen LogP contribution in [0.1, 0.15) is 104 Å². The molecule has 0 unspecified atom stereocenters. The molecule has 2 aliphatic rings. The molecular weight excluding hydrogens is 290 g/mol. The van der Waals surface area contributed by atoms with Crippen molar-refractivity contribution in [1.82, 2.24) is 0 Å². The number of allylic oxidation sites excluding steroid dienone is 2. The van der Waals surface area contributed by atoms with Crippen molar-refractivity contribution in [3.63, 3.8) is 0 Å². The maximum Gasteiger partial charge on any atom is 0.0689 e. The first-order valence-electron chi connectivity index (χ1n) is 10.8. The first kappa shape index (κ1) is 19.6. The van der Waals surface area contributed by atoms with Crippen LogP contribution in [0.4, 0.5) is 0 Å². The molecule has 0 radical (unpaired) electrons. The van der Waals surface area contributed by atoms with E-state index in [1.54, 1.807) is 0 Å². The smallest absolute Gasteiger partial charge is 0.0689 e. The lowest BCUT2D eigenvalue weighted by molar-refractivity contribution is 0.117. The second-order valence-corrected chi connectivity index (χ2v) is 8.60. The zero-order chi connectivity index (χ0) is 17.3. The summed E-state index contributed by atoms with van der Waals surface area (Å²) >= 11 is 0. The molecule has 0 aliphatic heterocycles. The number of unbranched alkanes of at least 4 members (excludes halogenated alkanes) is 1. The van der Waals surface area contributed by atoms with Crippen molar-refractivity contribution in [3.8, 4) is 6.07 Å². The van der Waals surface area contributed by atoms with Crippen LogP contribution >= 0.6 is 0 Å². The molecule has 0 aromatic carbocycles. The van der Waals surface area contributed by atoms with Crippen LogP contribution in [-0.2, 0) is 0 Å². The molecule has 0 amide bonds. The Morgan fingerprint density at radius 2 is 1.50 bits per heavy atom. The summed E-state index contributed by atoms with van der Waals surface area (Å²) < 4.78 is 0. The van der Waals surface area contributed by atoms with E-state index >= 15 is 0 Å². The summed E-state index contributed by atoms with van der Waals surface area (Å²) in [5, 5.41) is 9.76. The zero-order valence-electron chi connectivity index (χ0n) is 16.2. The average molecular weight is 330 g/mol. The summed E-state index contributed by atoms with van der Waals surface area (Å²) in [7, 11) is 0. The van der Waals surface area contributed by atoms with E-state index in [4.69, 9.17) is 0 Å². The van der Waals surface area contributed by atoms with Gasteiger partial charge in [0, 0.05) is 0 Å². The van der Waals surface area contributed by atoms with Gasteiger partial charge in [-0.3, -0.25) is 0 Å². The van der Waals surface area contributed by atoms with Crippen LogP contribution in [0.2, 0.25) is 0 Å². The van der Waals surface area contributed by atoms with Gasteiger partial charge in [-0.2, -0.15) is 5.26 Å². The van der Waals surface area contributed by atoms with Crippen LogP contribution in [0.15, 0.2) is 12.2 Å². The molecule has 2 fully saturated rings. The van der Waals surface area contributed by atoms with E-state index in [9.17, 15) is 5.26 Å². The maximum absolute atomic E-state index is 9.76. The number of hydrogen-bond acceptors (Lipinski definition) is 1. The molecule has 0 N–H and O–H groups in total. The number of nitriles is 1. The molecule has 0 bridgehead atoms. The normalized spacial score (nSPS) is 34.3. The quantitative estimate of drug-likeness (QED) is 0.425. The molecule has 2 aliphatic carbocycles. The SMILES string of the molecule is CCC/C=C/CC[C@]1(C#N)CC[C@@H](C2CCC(CCC)CC2)CC1. The monoisotopic (exact) mass is 329 g/mol. The molecule has 0 saturated heterocycles. The lowest BCUT2D eigenvalue weighted by atomic mass is 9.63. The van der Waals surface area contributed by atoms with Crippen molar-refractivity contribution in [1.29, 1.82) is 5.26 Å². The molecule has 2 rings (SSSR count). The fourth-order valence-electron chi connectivity index (χ4n) is 5.20. The summed E-state index contributed by atoms with van der Waals surface area (Å²) in [6.45, 7) is 4.55. The van der Waals surface area contributed by atoms with Gasteiger partial charge in [0.15, 0.2) is 0 Å². The summed E-state index contributed by atoms with van der Waals surface area (Å²) in [6.07, 6.45) is 22.8. The van der Waals surface area contributed by atoms with Crippen LogP contribution < -0.4 is 0 Å². The predicted octanol–water partition coefficient (Wildman–Crippen LogP) is 7.43. The van der Waals surface area contributed by atoms with Crippen molar-refractivity contribution in [2.75, 3.05) is 0 Å². The molecule has 0 heterocycles. The van der Waals surface area contributed by atoms with Crippen molar-refractivity contribution in [2.24, 2.45) is 23.2 Å². The summed E-state index contributed by atoms with van der Waals surface area (Å²) in [6, 6.07) is 2.72. The third-order valence-electron chi connectivity index (χ3n) is 6.89. The predicted molar refractivity (Wildman–Crippen MR) is 104 cm³/mol. The molecule has 1 heteroatoms. The number of hydrogen-bond donors (Lipinski definition) is 0. The van der Waals surface area contributed by atoms with Crippen LogP contribution in [-0.4, -0.2) is 0 Å². The Bertz CT molecular complexity index is 400. The van der Waals surface area contributed by atoms with Gasteiger partial charge in [0.25, 0.3) is 0 Å². The first-order valence-corrected chi connectivity index (χ1v) is 10.8. The van der Waals surface area contributed by atoms with Gasteiger partial charge in [-0.05, 0) is 75.5 Å². The van der Waals surface area contributed by atoms with Crippen LogP contribution in [0.5, 0.6) is 0 Å². The Labute approximate surface area is 150 Å². The van der Waals surface area contributed by atoms with Gasteiger partial charge in [-0.25, -0.2) is 0 Å². The summed E-state index contributed by atoms with van der Waals surface area (Å²) in [5.41, 5.74) is -0.00747. The molecule has 1 nitrogen and oxygen atoms in total. The molecule has 2 saturated carbocycles. The average Bonchev–Trinajstić information content (AvgIpc) is 2.63. The van der Waals surface area contributed by atoms with E-state index in [1.807, 2.05) is 0 Å². The highest BCUT2D eigenvalue weighted by molar-refractivity contribution is 5.03. The Kier molecular flexibility index (Phi) is 8.37. The Morgan fingerprint density at radius 3 is 2.08 bits per heavy atom. The fourth-order valence-corrected chi connectivity index (χ4v) is 5.20. The van der Waals surface area contributed by atoms with Crippen molar-refractivity contribution in [2.45, 2.75) is 104 Å². The second-order valence-electron chi connectivity index (χ2n) is 8.60. The first-order chi connectivity index (χ1) is 11.7. The van der Waals surface area contributed by atoms with Gasteiger partial charge in [-0.15, -0.1) is 0 Å². The standard InChI is InChI=1S/C23H39N/c1-3-5-6-7-8-16-23(19-24)17-14-22(15-18-23)21-12-10-20(9-4-2)11-13-21/h6-7,20-22H,3-5,8-18H2,1-2H3/b7-6+/t20?,21?,22-,23+. The Morgan fingerprint density at radius 1 is 0.875 bits per heavy atom. The highest BCUT2D eigenvalue weighted by atomic mass is 14.4. The third-order valence-corrected chi connectivity index (χ3v) is 6.89. The highest BCUT2D eigenvalue weighted by Gasteiger charge is 2.38. The van der Waals surface area contributed by atoms with Gasteiger partial charge in [0.05, 0.1) is 11.5 Å². The lowest BCUT2D eigenvalue weighted by Crippen LogP contribution is -2.31. The molecular formula is C23H39N. The fraction of sp³-hybridized carbons (Fsp3) is 0.870. The highest BCUT2D eigenvalue weighted by Crippen LogP contribution is 2.47. The minimum Gasteiger partial charge on any atom is -0.198 e. The van der Waals surface area contributed by atoms with Gasteiger partial charge in [0.1, 0.15) is 0 Å². The number of rotatable bonds is 8. The lowest BCUT2D eigenvalue weighted by Gasteiger charge is -2.40. The molecule has 0 spiro atoms. The van der Waals surface area contributed by atoms with Gasteiger partial charge < -0.3 is 0 Å². The van der Waals surface area contributed by atoms with E-state index in [1.165, 1.54) is 64.2 Å². The Hall–Kier alpha value is -0.770. The largest absolute Gasteiger partial charge is 0.198 e. The molecule has 136 valence electrons. The second kappa shape index (κ2) is 10.3. The van der Waals surface area contributed by atoms with Gasteiger partial charge >= 0.3 is 0 Å². The Balaban J connectivity index is 1.74. The zero-order valence-corrected chi connectivity index (χ0v) is 16.2. The van der Waals surface area contributed by atoms with Crippen molar-refractivity contribution < 1.29 is 0 Å². The van der Waals surface area contributed by atoms with E-state index in [0.29, 0.717) is 0 Å². The van der Waals surface area contributed by atoms with E-state index in [0.717, 1.165) is 43.4 Å². The van der Waals surface area contributed by atoms with Crippen molar-refractivity contribution in [3.05, 3.63) is 12.2 Å². The van der Waals surface area contributed by atoms with E-state index in [-0.39, 0.29) is 5.41 Å². The summed E-state index contributed by atoms with van der Waals surface area (Å²) in [4.78, 5) is 0. The van der Waals surface area contributed by atoms with Crippen LogP contribution in [0, 0.1) is 34.5 Å². The topological polar surface area (TPSA) is 23.8 Å². The molecule has 0 aromatic heterocycles. The minimum atomic E-state index is -0.00747. The van der Waals surface area contributed by atoms with Crippen molar-refractivity contribution >= 4 is 0 Å². The maximum atomic E-state index is 9.76. The molecule has 24 heavy (non-hydrogen) atoms. The van der Waals surface area contributed by atoms with Gasteiger partial charge in [0.2, 0.25) is 0 Å². The number of nitrogens with zero attached hydrogens (tertiary/aromatic N) is 1. The third kappa shape index (κ3) is 5.65. The minimum absolute atomic E-state index is 0.00747. The van der Waals surface area contributed by atoms with Crippen LogP contribution in [0.25, 0.3) is 0 Å². The molecule has 0 aromatic rings.